The second-order valence-electron chi connectivity index (χ2n) is 7.59. The summed E-state index contributed by atoms with van der Waals surface area (Å²) in [5.74, 6) is 3.11. The molecule has 0 aromatic carbocycles. The molecule has 5 unspecified atom stereocenters. The van der Waals surface area contributed by atoms with Gasteiger partial charge in [-0.25, -0.2) is 4.79 Å². The summed E-state index contributed by atoms with van der Waals surface area (Å²) in [5.41, 5.74) is 0.869. The van der Waals surface area contributed by atoms with E-state index in [9.17, 15) is 4.79 Å². The summed E-state index contributed by atoms with van der Waals surface area (Å²) >= 11 is 0. The molecule has 0 radical (unpaired) electrons. The largest absolute Gasteiger partial charge is 0.458 e. The van der Waals surface area contributed by atoms with Crippen LogP contribution in [0.4, 0.5) is 0 Å². The number of hydrogen-bond acceptors (Lipinski definition) is 2. The van der Waals surface area contributed by atoms with Gasteiger partial charge in [0.2, 0.25) is 0 Å². The van der Waals surface area contributed by atoms with Crippen molar-refractivity contribution in [2.75, 3.05) is 0 Å². The van der Waals surface area contributed by atoms with E-state index in [1.807, 2.05) is 0 Å². The Labute approximate surface area is 116 Å². The molecule has 3 rings (SSSR count). The minimum atomic E-state index is -0.187. The maximum Gasteiger partial charge on any atom is 0.333 e. The molecule has 3 aliphatic rings. The van der Waals surface area contributed by atoms with Crippen molar-refractivity contribution in [3.63, 3.8) is 0 Å². The third kappa shape index (κ3) is 1.95. The average molecular weight is 262 g/mol. The fourth-order valence-electron chi connectivity index (χ4n) is 4.95. The van der Waals surface area contributed by atoms with E-state index in [0.717, 1.165) is 30.1 Å². The molecule has 1 spiro atoms. The van der Waals surface area contributed by atoms with E-state index >= 15 is 0 Å². The summed E-state index contributed by atoms with van der Waals surface area (Å²) in [7, 11) is 0. The van der Waals surface area contributed by atoms with Gasteiger partial charge in [-0.05, 0) is 62.7 Å². The maximum absolute atomic E-state index is 11.8. The molecule has 3 fully saturated rings. The summed E-state index contributed by atoms with van der Waals surface area (Å²) in [6, 6.07) is 0. The highest BCUT2D eigenvalue weighted by atomic mass is 16.5. The number of carbonyl (C=O) groups excluding carboxylic acids is 1. The molecule has 3 saturated carbocycles. The van der Waals surface area contributed by atoms with E-state index < -0.39 is 0 Å². The molecular weight excluding hydrogens is 236 g/mol. The second-order valence-corrected chi connectivity index (χ2v) is 7.59. The Balaban J connectivity index is 1.74. The van der Waals surface area contributed by atoms with Gasteiger partial charge in [0.1, 0.15) is 6.10 Å². The number of hydrogen-bond donors (Lipinski definition) is 0. The van der Waals surface area contributed by atoms with Crippen LogP contribution >= 0.6 is 0 Å². The Bertz CT molecular complexity index is 411. The van der Waals surface area contributed by atoms with Gasteiger partial charge in [0.15, 0.2) is 0 Å². The van der Waals surface area contributed by atoms with Crippen LogP contribution < -0.4 is 0 Å². The molecule has 2 nitrogen and oxygen atoms in total. The van der Waals surface area contributed by atoms with Crippen LogP contribution in [0.25, 0.3) is 0 Å². The monoisotopic (exact) mass is 262 g/mol. The zero-order valence-corrected chi connectivity index (χ0v) is 12.4. The second kappa shape index (κ2) is 4.36. The lowest BCUT2D eigenvalue weighted by atomic mass is 9.54. The normalized spacial score (nSPS) is 43.6. The SMILES string of the molecule is C=C(C)C(=O)OC1CC2CC3CC(C(C)C)CC21C3. The molecule has 0 heterocycles. The molecule has 0 aliphatic heterocycles. The molecule has 0 saturated heterocycles. The molecule has 106 valence electrons. The Hall–Kier alpha value is -0.790. The van der Waals surface area contributed by atoms with E-state index in [0.29, 0.717) is 11.0 Å². The van der Waals surface area contributed by atoms with Crippen molar-refractivity contribution in [1.82, 2.24) is 0 Å². The fourth-order valence-corrected chi connectivity index (χ4v) is 4.95. The topological polar surface area (TPSA) is 26.3 Å². The first kappa shape index (κ1) is 13.2. The summed E-state index contributed by atoms with van der Waals surface area (Å²) in [5, 5.41) is 0. The fraction of sp³-hybridized carbons (Fsp3) is 0.824. The number of fused-ring (bicyclic) bond motifs is 1. The highest BCUT2D eigenvalue weighted by Crippen LogP contribution is 2.68. The van der Waals surface area contributed by atoms with Gasteiger partial charge in [-0.3, -0.25) is 0 Å². The van der Waals surface area contributed by atoms with E-state index in [1.165, 1.54) is 25.7 Å². The first-order chi connectivity index (χ1) is 8.92. The van der Waals surface area contributed by atoms with Crippen LogP contribution in [0.2, 0.25) is 0 Å². The third-order valence-electron chi connectivity index (χ3n) is 6.06. The third-order valence-corrected chi connectivity index (χ3v) is 6.06. The molecule has 0 aromatic heterocycles. The highest BCUT2D eigenvalue weighted by Gasteiger charge is 2.64. The van der Waals surface area contributed by atoms with Crippen molar-refractivity contribution in [3.05, 3.63) is 12.2 Å². The van der Waals surface area contributed by atoms with Crippen molar-refractivity contribution in [3.8, 4) is 0 Å². The number of rotatable bonds is 3. The van der Waals surface area contributed by atoms with Gasteiger partial charge >= 0.3 is 5.97 Å². The Morgan fingerprint density at radius 1 is 1.26 bits per heavy atom. The van der Waals surface area contributed by atoms with Gasteiger partial charge < -0.3 is 4.74 Å². The molecule has 0 N–H and O–H groups in total. The van der Waals surface area contributed by atoms with Crippen molar-refractivity contribution >= 4 is 5.97 Å². The average Bonchev–Trinajstić information content (AvgIpc) is 2.54. The molecule has 19 heavy (non-hydrogen) atoms. The van der Waals surface area contributed by atoms with Crippen LogP contribution in [0.15, 0.2) is 12.2 Å². The van der Waals surface area contributed by atoms with Gasteiger partial charge in [0.05, 0.1) is 0 Å². The van der Waals surface area contributed by atoms with Crippen LogP contribution in [0.1, 0.15) is 52.9 Å². The van der Waals surface area contributed by atoms with Gasteiger partial charge in [-0.15, -0.1) is 0 Å². The van der Waals surface area contributed by atoms with Gasteiger partial charge in [-0.1, -0.05) is 20.4 Å². The van der Waals surface area contributed by atoms with Crippen LogP contribution in [-0.4, -0.2) is 12.1 Å². The first-order valence-electron chi connectivity index (χ1n) is 7.79. The van der Waals surface area contributed by atoms with E-state index in [2.05, 4.69) is 20.4 Å². The van der Waals surface area contributed by atoms with Gasteiger partial charge in [0, 0.05) is 11.0 Å². The zero-order valence-electron chi connectivity index (χ0n) is 12.4. The maximum atomic E-state index is 11.8. The van der Waals surface area contributed by atoms with Crippen molar-refractivity contribution < 1.29 is 9.53 Å². The van der Waals surface area contributed by atoms with Gasteiger partial charge in [0.25, 0.3) is 0 Å². The molecule has 2 bridgehead atoms. The minimum absolute atomic E-state index is 0.174. The predicted molar refractivity (Wildman–Crippen MR) is 75.5 cm³/mol. The first-order valence-corrected chi connectivity index (χ1v) is 7.79. The lowest BCUT2D eigenvalue weighted by molar-refractivity contribution is -0.180. The van der Waals surface area contributed by atoms with Crippen LogP contribution in [-0.2, 0) is 9.53 Å². The summed E-state index contributed by atoms with van der Waals surface area (Å²) in [4.78, 5) is 11.8. The Morgan fingerprint density at radius 3 is 2.63 bits per heavy atom. The number of ether oxygens (including phenoxy) is 1. The van der Waals surface area contributed by atoms with E-state index in [1.54, 1.807) is 6.92 Å². The summed E-state index contributed by atoms with van der Waals surface area (Å²) in [6.07, 6.45) is 6.63. The Morgan fingerprint density at radius 2 is 2.00 bits per heavy atom. The zero-order chi connectivity index (χ0) is 13.8. The molecule has 5 atom stereocenters. The standard InChI is InChI=1S/C17H26O2/c1-10(2)13-5-12-6-14-7-15(17(14,8-12)9-13)19-16(18)11(3)4/h10,12-15H,3,5-9H2,1-2,4H3. The summed E-state index contributed by atoms with van der Waals surface area (Å²) < 4.78 is 5.73. The molecular formula is C17H26O2. The molecule has 0 aromatic rings. The van der Waals surface area contributed by atoms with Crippen LogP contribution in [0, 0.1) is 29.1 Å². The molecule has 0 amide bonds. The Kier molecular flexibility index (Phi) is 3.03. The van der Waals surface area contributed by atoms with E-state index in [-0.39, 0.29) is 12.1 Å². The predicted octanol–water partition coefficient (Wildman–Crippen LogP) is 3.96. The lowest BCUT2D eigenvalue weighted by Crippen LogP contribution is -2.54. The van der Waals surface area contributed by atoms with Gasteiger partial charge in [-0.2, -0.15) is 0 Å². The van der Waals surface area contributed by atoms with Crippen LogP contribution in [0.3, 0.4) is 0 Å². The lowest BCUT2D eigenvalue weighted by Gasteiger charge is -2.54. The molecule has 2 heteroatoms. The smallest absolute Gasteiger partial charge is 0.333 e. The number of carbonyl (C=O) groups is 1. The van der Waals surface area contributed by atoms with Crippen molar-refractivity contribution in [1.29, 1.82) is 0 Å². The highest BCUT2D eigenvalue weighted by molar-refractivity contribution is 5.87. The number of esters is 1. The molecule has 3 aliphatic carbocycles. The van der Waals surface area contributed by atoms with Crippen molar-refractivity contribution in [2.45, 2.75) is 59.0 Å². The minimum Gasteiger partial charge on any atom is -0.458 e. The van der Waals surface area contributed by atoms with Crippen LogP contribution in [0.5, 0.6) is 0 Å². The van der Waals surface area contributed by atoms with Crippen molar-refractivity contribution in [2.24, 2.45) is 29.1 Å². The summed E-state index contributed by atoms with van der Waals surface area (Å²) in [6.45, 7) is 10.1. The quantitative estimate of drug-likeness (QED) is 0.568. The van der Waals surface area contributed by atoms with E-state index in [4.69, 9.17) is 4.74 Å².